The van der Waals surface area contributed by atoms with Crippen LogP contribution in [-0.4, -0.2) is 29.6 Å². The molecule has 3 aromatic rings. The minimum absolute atomic E-state index is 0.0581. The van der Waals surface area contributed by atoms with Crippen molar-refractivity contribution in [3.05, 3.63) is 105 Å². The fourth-order valence-corrected chi connectivity index (χ4v) is 4.61. The van der Waals surface area contributed by atoms with E-state index in [1.807, 2.05) is 4.90 Å². The van der Waals surface area contributed by atoms with Crippen molar-refractivity contribution >= 4 is 11.6 Å². The van der Waals surface area contributed by atoms with E-state index in [4.69, 9.17) is 22.6 Å². The Morgan fingerprint density at radius 2 is 1.47 bits per heavy atom. The summed E-state index contributed by atoms with van der Waals surface area (Å²) in [7, 11) is 0. The van der Waals surface area contributed by atoms with Crippen LogP contribution in [0.1, 0.15) is 64.8 Å². The molecule has 1 saturated heterocycles. The molecule has 0 bridgehead atoms. The smallest absolute Gasteiger partial charge is 0.385 e. The highest BCUT2D eigenvalue weighted by Crippen LogP contribution is 2.40. The monoisotopic (exact) mass is 531 g/mol. The Hall–Kier alpha value is -2.48. The molecule has 4 rings (SSSR count). The zero-order valence-corrected chi connectivity index (χ0v) is 19.7. The number of piperidine rings is 1. The maximum Gasteiger partial charge on any atom is 0.417 e. The fraction of sp³-hybridized carbons (Fsp3) is 0.357. The fourth-order valence-electron chi connectivity index (χ4n) is 4.38. The van der Waals surface area contributed by atoms with E-state index in [0.717, 1.165) is 12.1 Å². The van der Waals surface area contributed by atoms with Crippen molar-refractivity contribution in [3.8, 4) is 0 Å². The maximum atomic E-state index is 14.3. The quantitative estimate of drug-likeness (QED) is 0.318. The third kappa shape index (κ3) is 6.25. The van der Waals surface area contributed by atoms with Gasteiger partial charge in [-0.15, -0.1) is 0 Å². The summed E-state index contributed by atoms with van der Waals surface area (Å²) in [5.41, 5.74) is -3.23. The van der Waals surface area contributed by atoms with Crippen molar-refractivity contribution in [2.45, 2.75) is 43.4 Å². The molecule has 0 amide bonds. The predicted molar refractivity (Wildman–Crippen MR) is 130 cm³/mol. The topological polar surface area (TPSA) is 23.5 Å². The molecule has 1 aliphatic heterocycles. The van der Waals surface area contributed by atoms with E-state index in [1.165, 1.54) is 6.07 Å². The van der Waals surface area contributed by atoms with E-state index in [-0.39, 0.29) is 55.5 Å². The number of hydrogen-bond acceptors (Lipinski definition) is 2. The molecule has 1 aliphatic rings. The van der Waals surface area contributed by atoms with Crippen molar-refractivity contribution in [1.29, 1.82) is 0 Å². The molecule has 2 nitrogen and oxygen atoms in total. The molecule has 3 aromatic carbocycles. The molecule has 192 valence electrons. The van der Waals surface area contributed by atoms with Crippen LogP contribution >= 0.6 is 11.6 Å². The summed E-state index contributed by atoms with van der Waals surface area (Å²) in [6.07, 6.45) is -4.37. The van der Waals surface area contributed by atoms with Crippen LogP contribution in [-0.2, 0) is 11.8 Å². The second kappa shape index (κ2) is 10.9. The second-order valence-electron chi connectivity index (χ2n) is 8.72. The van der Waals surface area contributed by atoms with Crippen LogP contribution in [0.5, 0.6) is 0 Å². The number of hydrogen-bond donors (Lipinski definition) is 1. The number of likely N-dealkylation sites (tertiary alicyclic amines) is 1. The standard InChI is InChI=1S/C28H27ClF5NO/c29-26-12-7-21(18-25(26)28(32,33)34)27(36)13-16-35(17-14-27)15-1-2-24(19-3-8-22(30)9-4-19)20-5-10-23(31)11-6-20/h3-12,18,24,36H,1-2,13-17H2/i3D,4D,5D,6D,8D,9D,10D,11D. The summed E-state index contributed by atoms with van der Waals surface area (Å²) in [6, 6.07) is -3.70. The van der Waals surface area contributed by atoms with Gasteiger partial charge in [-0.05, 0) is 85.2 Å². The van der Waals surface area contributed by atoms with Gasteiger partial charge in [-0.2, -0.15) is 13.2 Å². The van der Waals surface area contributed by atoms with Crippen LogP contribution in [0.3, 0.4) is 0 Å². The van der Waals surface area contributed by atoms with Crippen LogP contribution in [0.15, 0.2) is 66.5 Å². The van der Waals surface area contributed by atoms with E-state index >= 15 is 0 Å². The molecule has 0 aliphatic carbocycles. The Kier molecular flexibility index (Phi) is 5.40. The average molecular weight is 532 g/mol. The van der Waals surface area contributed by atoms with Crippen LogP contribution in [0.4, 0.5) is 22.0 Å². The first-order valence-corrected chi connectivity index (χ1v) is 11.6. The summed E-state index contributed by atoms with van der Waals surface area (Å²) in [5.74, 6) is -4.09. The highest BCUT2D eigenvalue weighted by Gasteiger charge is 2.38. The van der Waals surface area contributed by atoms with Gasteiger partial charge >= 0.3 is 6.18 Å². The van der Waals surface area contributed by atoms with Gasteiger partial charge in [-0.25, -0.2) is 8.78 Å². The molecule has 8 heteroatoms. The van der Waals surface area contributed by atoms with Gasteiger partial charge in [0.05, 0.1) is 27.2 Å². The first-order valence-electron chi connectivity index (χ1n) is 15.2. The van der Waals surface area contributed by atoms with Gasteiger partial charge in [0.15, 0.2) is 0 Å². The molecular weight excluding hydrogens is 497 g/mol. The molecule has 0 unspecified atom stereocenters. The first kappa shape index (κ1) is 17.9. The summed E-state index contributed by atoms with van der Waals surface area (Å²) in [4.78, 5) is 1.89. The third-order valence-electron chi connectivity index (χ3n) is 6.38. The minimum atomic E-state index is -4.70. The normalized spacial score (nSPS) is 19.6. The maximum absolute atomic E-state index is 14.3. The van der Waals surface area contributed by atoms with Crippen LogP contribution < -0.4 is 0 Å². The molecule has 0 aromatic heterocycles. The van der Waals surface area contributed by atoms with E-state index in [0.29, 0.717) is 6.54 Å². The van der Waals surface area contributed by atoms with Gasteiger partial charge in [-0.1, -0.05) is 41.8 Å². The Balaban J connectivity index is 1.59. The van der Waals surface area contributed by atoms with Gasteiger partial charge in [0.1, 0.15) is 11.6 Å². The summed E-state index contributed by atoms with van der Waals surface area (Å²) < 4.78 is 134. The first-order chi connectivity index (χ1) is 20.4. The number of benzene rings is 3. The number of alkyl halides is 3. The van der Waals surface area contributed by atoms with E-state index < -0.39 is 88.3 Å². The number of halogens is 6. The average Bonchev–Trinajstić information content (AvgIpc) is 2.97. The van der Waals surface area contributed by atoms with Gasteiger partial charge in [-0.3, -0.25) is 0 Å². The highest BCUT2D eigenvalue weighted by atomic mass is 35.5. The van der Waals surface area contributed by atoms with Crippen molar-refractivity contribution in [1.82, 2.24) is 4.90 Å². The molecule has 1 heterocycles. The van der Waals surface area contributed by atoms with Crippen molar-refractivity contribution in [3.63, 3.8) is 0 Å². The van der Waals surface area contributed by atoms with E-state index in [1.54, 1.807) is 0 Å². The van der Waals surface area contributed by atoms with Crippen LogP contribution in [0.25, 0.3) is 0 Å². The molecule has 0 atom stereocenters. The Morgan fingerprint density at radius 3 is 1.97 bits per heavy atom. The van der Waals surface area contributed by atoms with Crippen molar-refractivity contribution in [2.24, 2.45) is 0 Å². The lowest BCUT2D eigenvalue weighted by Gasteiger charge is -2.39. The Bertz CT molecular complexity index is 1470. The lowest BCUT2D eigenvalue weighted by atomic mass is 9.83. The third-order valence-corrected chi connectivity index (χ3v) is 6.71. The molecule has 0 radical (unpaired) electrons. The number of nitrogens with zero attached hydrogens (tertiary/aromatic N) is 1. The lowest BCUT2D eigenvalue weighted by molar-refractivity contribution is -0.137. The van der Waals surface area contributed by atoms with Gasteiger partial charge in [0, 0.05) is 19.0 Å². The largest absolute Gasteiger partial charge is 0.417 e. The van der Waals surface area contributed by atoms with E-state index in [2.05, 4.69) is 0 Å². The SMILES string of the molecule is [2H]c1c([2H])c(C(CCCN2CCC(O)(c3ccc(Cl)c(C(F)(F)F)c3)CC2)c2c([2H])c([2H])c(F)c([2H])c2[2H])c([2H])c([2H])c1F. The zero-order chi connectivity index (χ0) is 32.9. The van der Waals surface area contributed by atoms with E-state index in [9.17, 15) is 27.1 Å². The molecule has 1 fully saturated rings. The molecular formula is C28H27ClF5NO. The highest BCUT2D eigenvalue weighted by molar-refractivity contribution is 6.31. The van der Waals surface area contributed by atoms with Crippen LogP contribution in [0.2, 0.25) is 5.02 Å². The number of rotatable bonds is 7. The van der Waals surface area contributed by atoms with Gasteiger partial charge < -0.3 is 10.0 Å². The molecule has 0 spiro atoms. The van der Waals surface area contributed by atoms with Gasteiger partial charge in [0.25, 0.3) is 0 Å². The molecule has 0 saturated carbocycles. The second-order valence-corrected chi connectivity index (χ2v) is 9.12. The molecule has 1 N–H and O–H groups in total. The summed E-state index contributed by atoms with van der Waals surface area (Å²) in [6.45, 7) is 0.828. The lowest BCUT2D eigenvalue weighted by Crippen LogP contribution is -2.43. The van der Waals surface area contributed by atoms with Gasteiger partial charge in [0.2, 0.25) is 0 Å². The predicted octanol–water partition coefficient (Wildman–Crippen LogP) is 7.53. The minimum Gasteiger partial charge on any atom is -0.385 e. The summed E-state index contributed by atoms with van der Waals surface area (Å²) >= 11 is 5.71. The van der Waals surface area contributed by atoms with Crippen LogP contribution in [0, 0.1) is 11.6 Å². The van der Waals surface area contributed by atoms with Crippen molar-refractivity contribution in [2.75, 3.05) is 19.6 Å². The van der Waals surface area contributed by atoms with Crippen molar-refractivity contribution < 1.29 is 38.0 Å². The Labute approximate surface area is 223 Å². The molecule has 36 heavy (non-hydrogen) atoms. The number of aliphatic hydroxyl groups is 1. The summed E-state index contributed by atoms with van der Waals surface area (Å²) in [5, 5.41) is 10.7. The Morgan fingerprint density at radius 1 is 0.944 bits per heavy atom. The zero-order valence-electron chi connectivity index (χ0n) is 26.9.